The molecule has 0 bridgehead atoms. The van der Waals surface area contributed by atoms with Gasteiger partial charge in [-0.25, -0.2) is 9.97 Å². The monoisotopic (exact) mass is 547 g/mol. The Kier molecular flexibility index (Phi) is 8.48. The van der Waals surface area contributed by atoms with Crippen LogP contribution in [0.25, 0.3) is 0 Å². The van der Waals surface area contributed by atoms with Gasteiger partial charge in [-0.15, -0.1) is 0 Å². The van der Waals surface area contributed by atoms with Crippen molar-refractivity contribution in [2.24, 2.45) is 0 Å². The fourth-order valence-electron chi connectivity index (χ4n) is 3.59. The van der Waals surface area contributed by atoms with E-state index in [4.69, 9.17) is 33.7 Å². The number of halogens is 2. The number of nitrogens with zero attached hydrogens (tertiary/aromatic N) is 3. The van der Waals surface area contributed by atoms with Gasteiger partial charge in [0.15, 0.2) is 18.2 Å². The fraction of sp³-hybridized carbons (Fsp3) is 0.111. The number of nitrogens with one attached hydrogen (secondary N) is 3. The predicted octanol–water partition coefficient (Wildman–Crippen LogP) is 5.60. The lowest BCUT2D eigenvalue weighted by Gasteiger charge is -2.17. The van der Waals surface area contributed by atoms with E-state index in [0.29, 0.717) is 32.9 Å². The number of nitrogen functional groups attached to an aromatic ring is 1. The summed E-state index contributed by atoms with van der Waals surface area (Å²) >= 11 is 12.6. The smallest absolute Gasteiger partial charge is 0.276 e. The summed E-state index contributed by atoms with van der Waals surface area (Å²) in [6, 6.07) is 21.9. The highest BCUT2D eigenvalue weighted by molar-refractivity contribution is 6.32. The van der Waals surface area contributed by atoms with Gasteiger partial charge in [-0.3, -0.25) is 15.6 Å². The van der Waals surface area contributed by atoms with Crippen molar-refractivity contribution in [3.63, 3.8) is 0 Å². The summed E-state index contributed by atoms with van der Waals surface area (Å²) in [5.74, 6) is 0.0844. The third-order valence-electron chi connectivity index (χ3n) is 5.56. The molecule has 4 aromatic rings. The molecule has 0 spiro atoms. The van der Waals surface area contributed by atoms with Crippen LogP contribution >= 0.6 is 23.2 Å². The molecular weight excluding hydrogens is 525 g/mol. The van der Waals surface area contributed by atoms with E-state index in [9.17, 15) is 10.1 Å². The van der Waals surface area contributed by atoms with Gasteiger partial charge in [0, 0.05) is 15.7 Å². The Balaban J connectivity index is 1.45. The van der Waals surface area contributed by atoms with Crippen molar-refractivity contribution in [3.8, 4) is 11.8 Å². The van der Waals surface area contributed by atoms with E-state index in [1.54, 1.807) is 42.5 Å². The van der Waals surface area contributed by atoms with Crippen LogP contribution in [0.15, 0.2) is 73.1 Å². The summed E-state index contributed by atoms with van der Waals surface area (Å²) in [7, 11) is 0. The summed E-state index contributed by atoms with van der Waals surface area (Å²) in [6.45, 7) is 1.68. The van der Waals surface area contributed by atoms with E-state index < -0.39 is 11.8 Å². The van der Waals surface area contributed by atoms with Crippen LogP contribution in [0.1, 0.15) is 22.6 Å². The van der Waals surface area contributed by atoms with Gasteiger partial charge in [-0.2, -0.15) is 5.26 Å². The van der Waals surface area contributed by atoms with E-state index in [-0.39, 0.29) is 18.1 Å². The molecule has 38 heavy (non-hydrogen) atoms. The highest BCUT2D eigenvalue weighted by Crippen LogP contribution is 2.36. The van der Waals surface area contributed by atoms with E-state index in [1.807, 2.05) is 31.2 Å². The molecule has 5 N–H and O–H groups in total. The Morgan fingerprint density at radius 2 is 1.79 bits per heavy atom. The molecule has 0 aliphatic carbocycles. The van der Waals surface area contributed by atoms with Crippen LogP contribution in [0.2, 0.25) is 10.0 Å². The second kappa shape index (κ2) is 12.1. The average Bonchev–Trinajstić information content (AvgIpc) is 2.92. The number of hydrogen-bond donors (Lipinski definition) is 4. The van der Waals surface area contributed by atoms with Gasteiger partial charge in [0.25, 0.3) is 5.91 Å². The van der Waals surface area contributed by atoms with Crippen LogP contribution in [-0.4, -0.2) is 22.5 Å². The lowest BCUT2D eigenvalue weighted by atomic mass is 9.91. The van der Waals surface area contributed by atoms with Crippen molar-refractivity contribution >= 4 is 52.1 Å². The number of nitriles is 1. The van der Waals surface area contributed by atoms with Crippen molar-refractivity contribution in [2.45, 2.75) is 12.8 Å². The van der Waals surface area contributed by atoms with Gasteiger partial charge < -0.3 is 15.8 Å². The Morgan fingerprint density at radius 3 is 2.50 bits per heavy atom. The molecule has 0 saturated heterocycles. The van der Waals surface area contributed by atoms with E-state index in [2.05, 4.69) is 32.2 Å². The number of benzene rings is 3. The summed E-state index contributed by atoms with van der Waals surface area (Å²) in [6.07, 6.45) is 1.30. The SMILES string of the molecule is Cc1cc(C(C#N)c2ccc(Cl)cc2)c(Cl)cc1Nc1ncnc(NNC(=O)COc2ccccc2)c1N. The maximum absolute atomic E-state index is 12.1. The first-order chi connectivity index (χ1) is 18.4. The predicted molar refractivity (Wildman–Crippen MR) is 149 cm³/mol. The van der Waals surface area contributed by atoms with Crippen LogP contribution in [0, 0.1) is 18.3 Å². The van der Waals surface area contributed by atoms with E-state index in [0.717, 1.165) is 11.1 Å². The van der Waals surface area contributed by atoms with Crippen LogP contribution in [0.5, 0.6) is 5.75 Å². The largest absolute Gasteiger partial charge is 0.484 e. The number of ether oxygens (including phenoxy) is 1. The molecule has 0 fully saturated rings. The summed E-state index contributed by atoms with van der Waals surface area (Å²) in [4.78, 5) is 20.4. The minimum Gasteiger partial charge on any atom is -0.484 e. The molecule has 3 aromatic carbocycles. The topological polar surface area (TPSA) is 138 Å². The maximum Gasteiger partial charge on any atom is 0.276 e. The van der Waals surface area contributed by atoms with Crippen molar-refractivity contribution in [1.29, 1.82) is 5.26 Å². The highest BCUT2D eigenvalue weighted by Gasteiger charge is 2.19. The first-order valence-electron chi connectivity index (χ1n) is 11.4. The molecular formula is C27H23Cl2N7O2. The molecule has 1 aromatic heterocycles. The van der Waals surface area contributed by atoms with Gasteiger partial charge in [0.2, 0.25) is 0 Å². The molecule has 192 valence electrons. The molecule has 0 aliphatic rings. The van der Waals surface area contributed by atoms with Gasteiger partial charge in [-0.1, -0.05) is 59.6 Å². The van der Waals surface area contributed by atoms with E-state index in [1.165, 1.54) is 6.33 Å². The van der Waals surface area contributed by atoms with Crippen LogP contribution < -0.4 is 26.6 Å². The van der Waals surface area contributed by atoms with Gasteiger partial charge in [-0.05, 0) is 53.9 Å². The zero-order chi connectivity index (χ0) is 27.1. The third-order valence-corrected chi connectivity index (χ3v) is 6.14. The minimum absolute atomic E-state index is 0.174. The van der Waals surface area contributed by atoms with Crippen molar-refractivity contribution in [1.82, 2.24) is 15.4 Å². The van der Waals surface area contributed by atoms with Crippen molar-refractivity contribution in [2.75, 3.05) is 23.1 Å². The highest BCUT2D eigenvalue weighted by atomic mass is 35.5. The van der Waals surface area contributed by atoms with Gasteiger partial charge in [0.1, 0.15) is 17.8 Å². The van der Waals surface area contributed by atoms with Crippen LogP contribution in [0.3, 0.4) is 0 Å². The lowest BCUT2D eigenvalue weighted by Crippen LogP contribution is -2.34. The number of carbonyl (C=O) groups excluding carboxylic acids is 1. The quantitative estimate of drug-likeness (QED) is 0.199. The Bertz CT molecular complexity index is 1480. The number of anilines is 4. The molecule has 0 aliphatic heterocycles. The normalized spacial score (nSPS) is 11.2. The van der Waals surface area contributed by atoms with Gasteiger partial charge in [0.05, 0.1) is 12.0 Å². The number of aromatic nitrogens is 2. The molecule has 11 heteroatoms. The molecule has 1 heterocycles. The fourth-order valence-corrected chi connectivity index (χ4v) is 3.99. The Labute approximate surface area is 229 Å². The lowest BCUT2D eigenvalue weighted by molar-refractivity contribution is -0.122. The zero-order valence-electron chi connectivity index (χ0n) is 20.2. The number of amides is 1. The number of nitrogens with two attached hydrogens (primary N) is 1. The number of hydrazine groups is 1. The molecule has 4 rings (SSSR count). The summed E-state index contributed by atoms with van der Waals surface area (Å²) in [5, 5.41) is 14.0. The number of carbonyl (C=O) groups is 1. The molecule has 1 amide bonds. The standard InChI is InChI=1S/C27H23Cl2N7O2/c1-16-11-20(21(13-30)17-7-9-18(28)10-8-17)22(29)12-23(16)34-26-25(31)27(33-15-32-26)36-35-24(37)14-38-19-5-3-2-4-6-19/h2-12,15,21H,14,31H2,1H3,(H,35,37)(H2,32,33,34,36). The Hall–Kier alpha value is -4.52. The first kappa shape index (κ1) is 26.5. The van der Waals surface area contributed by atoms with E-state index >= 15 is 0 Å². The second-order valence-electron chi connectivity index (χ2n) is 8.19. The molecule has 1 atom stereocenters. The molecule has 9 nitrogen and oxygen atoms in total. The summed E-state index contributed by atoms with van der Waals surface area (Å²) < 4.78 is 5.41. The number of rotatable bonds is 9. The molecule has 0 saturated carbocycles. The minimum atomic E-state index is -0.568. The maximum atomic E-state index is 12.1. The third kappa shape index (κ3) is 6.42. The molecule has 0 radical (unpaired) electrons. The van der Waals surface area contributed by atoms with Crippen LogP contribution in [-0.2, 0) is 4.79 Å². The zero-order valence-corrected chi connectivity index (χ0v) is 21.7. The average molecular weight is 548 g/mol. The summed E-state index contributed by atoms with van der Waals surface area (Å²) in [5.41, 5.74) is 14.5. The number of aryl methyl sites for hydroxylation is 1. The molecule has 1 unspecified atom stereocenters. The van der Waals surface area contributed by atoms with Crippen molar-refractivity contribution < 1.29 is 9.53 Å². The Morgan fingerprint density at radius 1 is 1.08 bits per heavy atom. The van der Waals surface area contributed by atoms with Gasteiger partial charge >= 0.3 is 0 Å². The number of para-hydroxylation sites is 1. The van der Waals surface area contributed by atoms with Crippen LogP contribution in [0.4, 0.5) is 23.0 Å². The first-order valence-corrected chi connectivity index (χ1v) is 12.2. The number of hydrogen-bond acceptors (Lipinski definition) is 8. The second-order valence-corrected chi connectivity index (χ2v) is 9.03. The van der Waals surface area contributed by atoms with Crippen molar-refractivity contribution in [3.05, 3.63) is 99.8 Å².